The third kappa shape index (κ3) is 4.74. The Bertz CT molecular complexity index is 651. The summed E-state index contributed by atoms with van der Waals surface area (Å²) in [6.07, 6.45) is 3.98. The molecule has 1 fully saturated rings. The molecule has 0 saturated heterocycles. The Balaban J connectivity index is 1.50. The van der Waals surface area contributed by atoms with Crippen LogP contribution in [0.5, 0.6) is 5.75 Å². The molecule has 1 aromatic heterocycles. The summed E-state index contributed by atoms with van der Waals surface area (Å²) in [6, 6.07) is 7.50. The van der Waals surface area contributed by atoms with Crippen LogP contribution in [0, 0.1) is 12.8 Å². The molecule has 0 atom stereocenters. The summed E-state index contributed by atoms with van der Waals surface area (Å²) in [4.78, 5) is 11.8. The zero-order valence-electron chi connectivity index (χ0n) is 13.2. The van der Waals surface area contributed by atoms with Gasteiger partial charge >= 0.3 is 6.03 Å². The van der Waals surface area contributed by atoms with Gasteiger partial charge in [-0.2, -0.15) is 0 Å². The predicted octanol–water partition coefficient (Wildman–Crippen LogP) is 2.77. The molecule has 2 N–H and O–H groups in total. The van der Waals surface area contributed by atoms with E-state index in [4.69, 9.17) is 9.26 Å². The van der Waals surface area contributed by atoms with E-state index in [0.717, 1.165) is 23.5 Å². The summed E-state index contributed by atoms with van der Waals surface area (Å²) in [5, 5.41) is 9.31. The third-order valence-corrected chi connectivity index (χ3v) is 3.75. The van der Waals surface area contributed by atoms with Crippen molar-refractivity contribution in [1.29, 1.82) is 0 Å². The second kappa shape index (κ2) is 7.17. The van der Waals surface area contributed by atoms with Crippen molar-refractivity contribution in [2.45, 2.75) is 32.9 Å². The summed E-state index contributed by atoms with van der Waals surface area (Å²) in [7, 11) is 0. The minimum Gasteiger partial charge on any atom is -0.493 e. The first-order valence-corrected chi connectivity index (χ1v) is 7.84. The molecule has 0 radical (unpaired) electrons. The van der Waals surface area contributed by atoms with Crippen LogP contribution in [0.4, 0.5) is 4.79 Å². The number of nitrogens with one attached hydrogen (secondary N) is 2. The van der Waals surface area contributed by atoms with Crippen LogP contribution in [0.3, 0.4) is 0 Å². The minimum absolute atomic E-state index is 0.248. The number of ether oxygens (including phenoxy) is 1. The first kappa shape index (κ1) is 15.4. The van der Waals surface area contributed by atoms with E-state index in [1.54, 1.807) is 6.07 Å². The molecular weight excluding hydrogens is 294 g/mol. The zero-order chi connectivity index (χ0) is 16.1. The number of benzene rings is 1. The lowest BCUT2D eigenvalue weighted by Gasteiger charge is -2.13. The first-order valence-electron chi connectivity index (χ1n) is 7.84. The summed E-state index contributed by atoms with van der Waals surface area (Å²) in [5.41, 5.74) is 2.81. The Morgan fingerprint density at radius 3 is 2.87 bits per heavy atom. The SMILES string of the molecule is Cc1ccc(CNC(=O)NCc2ccon2)c(OCC2CC2)c1. The van der Waals surface area contributed by atoms with Gasteiger partial charge in [-0.25, -0.2) is 4.79 Å². The van der Waals surface area contributed by atoms with Crippen LogP contribution in [0.25, 0.3) is 0 Å². The van der Waals surface area contributed by atoms with E-state index >= 15 is 0 Å². The second-order valence-electron chi connectivity index (χ2n) is 5.89. The van der Waals surface area contributed by atoms with Crippen molar-refractivity contribution in [3.05, 3.63) is 47.3 Å². The van der Waals surface area contributed by atoms with Crippen LogP contribution in [-0.4, -0.2) is 17.8 Å². The van der Waals surface area contributed by atoms with Crippen LogP contribution < -0.4 is 15.4 Å². The van der Waals surface area contributed by atoms with Crippen molar-refractivity contribution in [2.24, 2.45) is 5.92 Å². The monoisotopic (exact) mass is 315 g/mol. The lowest BCUT2D eigenvalue weighted by Crippen LogP contribution is -2.34. The number of urea groups is 1. The van der Waals surface area contributed by atoms with Crippen molar-refractivity contribution in [3.63, 3.8) is 0 Å². The molecule has 1 aliphatic rings. The Labute approximate surface area is 135 Å². The number of hydrogen-bond donors (Lipinski definition) is 2. The van der Waals surface area contributed by atoms with E-state index in [-0.39, 0.29) is 6.03 Å². The molecule has 2 amide bonds. The molecule has 0 aliphatic heterocycles. The van der Waals surface area contributed by atoms with Gasteiger partial charge in [0.1, 0.15) is 17.7 Å². The maximum absolute atomic E-state index is 11.8. The summed E-state index contributed by atoms with van der Waals surface area (Å²) < 4.78 is 10.6. The normalized spacial score (nSPS) is 13.6. The molecule has 122 valence electrons. The van der Waals surface area contributed by atoms with Gasteiger partial charge in [0.15, 0.2) is 0 Å². The molecule has 3 rings (SSSR count). The topological polar surface area (TPSA) is 76.4 Å². The summed E-state index contributed by atoms with van der Waals surface area (Å²) >= 11 is 0. The quantitative estimate of drug-likeness (QED) is 0.823. The highest BCUT2D eigenvalue weighted by atomic mass is 16.5. The molecule has 2 aromatic rings. The highest BCUT2D eigenvalue weighted by molar-refractivity contribution is 5.73. The van der Waals surface area contributed by atoms with E-state index in [1.165, 1.54) is 19.1 Å². The fraction of sp³-hybridized carbons (Fsp3) is 0.412. The van der Waals surface area contributed by atoms with Gasteiger partial charge < -0.3 is 19.9 Å². The fourth-order valence-corrected chi connectivity index (χ4v) is 2.17. The summed E-state index contributed by atoms with van der Waals surface area (Å²) in [6.45, 7) is 3.55. The number of aryl methyl sites for hydroxylation is 1. The fourth-order valence-electron chi connectivity index (χ4n) is 2.17. The Hall–Kier alpha value is -2.50. The number of rotatable bonds is 7. The van der Waals surface area contributed by atoms with Crippen LogP contribution >= 0.6 is 0 Å². The van der Waals surface area contributed by atoms with E-state index in [9.17, 15) is 4.79 Å². The van der Waals surface area contributed by atoms with Crippen LogP contribution in [-0.2, 0) is 13.1 Å². The van der Waals surface area contributed by atoms with E-state index in [1.807, 2.05) is 25.1 Å². The van der Waals surface area contributed by atoms with Crippen LogP contribution in [0.1, 0.15) is 29.7 Å². The Morgan fingerprint density at radius 1 is 1.30 bits per heavy atom. The molecule has 1 aromatic carbocycles. The molecule has 1 saturated carbocycles. The van der Waals surface area contributed by atoms with Gasteiger partial charge in [0.2, 0.25) is 0 Å². The smallest absolute Gasteiger partial charge is 0.315 e. The third-order valence-electron chi connectivity index (χ3n) is 3.75. The van der Waals surface area contributed by atoms with Gasteiger partial charge in [-0.05, 0) is 37.3 Å². The molecule has 1 aliphatic carbocycles. The number of nitrogens with zero attached hydrogens (tertiary/aromatic N) is 1. The van der Waals surface area contributed by atoms with E-state index in [2.05, 4.69) is 15.8 Å². The predicted molar refractivity (Wildman–Crippen MR) is 85.0 cm³/mol. The highest BCUT2D eigenvalue weighted by Gasteiger charge is 2.22. The van der Waals surface area contributed by atoms with Gasteiger partial charge in [0, 0.05) is 18.2 Å². The minimum atomic E-state index is -0.248. The van der Waals surface area contributed by atoms with Crippen molar-refractivity contribution < 1.29 is 14.1 Å². The van der Waals surface area contributed by atoms with Gasteiger partial charge in [0.05, 0.1) is 13.2 Å². The number of hydrogen-bond acceptors (Lipinski definition) is 4. The van der Waals surface area contributed by atoms with Crippen molar-refractivity contribution in [3.8, 4) is 5.75 Å². The van der Waals surface area contributed by atoms with Gasteiger partial charge in [-0.3, -0.25) is 0 Å². The molecule has 0 unspecified atom stereocenters. The number of amides is 2. The number of aromatic nitrogens is 1. The second-order valence-corrected chi connectivity index (χ2v) is 5.89. The first-order chi connectivity index (χ1) is 11.2. The molecule has 0 bridgehead atoms. The average Bonchev–Trinajstić information content (AvgIpc) is 3.23. The van der Waals surface area contributed by atoms with Crippen molar-refractivity contribution >= 4 is 6.03 Å². The zero-order valence-corrected chi connectivity index (χ0v) is 13.2. The van der Waals surface area contributed by atoms with Crippen LogP contribution in [0.2, 0.25) is 0 Å². The molecule has 1 heterocycles. The highest BCUT2D eigenvalue weighted by Crippen LogP contribution is 2.30. The number of carbonyl (C=O) groups is 1. The van der Waals surface area contributed by atoms with Crippen molar-refractivity contribution in [1.82, 2.24) is 15.8 Å². The van der Waals surface area contributed by atoms with E-state index in [0.29, 0.717) is 24.7 Å². The van der Waals surface area contributed by atoms with Crippen LogP contribution in [0.15, 0.2) is 35.1 Å². The molecule has 0 spiro atoms. The molecule has 23 heavy (non-hydrogen) atoms. The summed E-state index contributed by atoms with van der Waals surface area (Å²) in [5.74, 6) is 1.55. The van der Waals surface area contributed by atoms with Gasteiger partial charge in [-0.15, -0.1) is 0 Å². The maximum Gasteiger partial charge on any atom is 0.315 e. The molecule has 6 nitrogen and oxygen atoms in total. The average molecular weight is 315 g/mol. The van der Waals surface area contributed by atoms with Gasteiger partial charge in [-0.1, -0.05) is 17.3 Å². The Kier molecular flexibility index (Phi) is 4.80. The standard InChI is InChI=1S/C17H21N3O3/c1-12-2-5-14(16(8-12)22-11-13-3-4-13)9-18-17(21)19-10-15-6-7-23-20-15/h2,5-8,13H,3-4,9-11H2,1H3,(H2,18,19,21). The van der Waals surface area contributed by atoms with E-state index < -0.39 is 0 Å². The number of carbonyl (C=O) groups excluding carboxylic acids is 1. The molecule has 6 heteroatoms. The maximum atomic E-state index is 11.8. The van der Waals surface area contributed by atoms with Crippen molar-refractivity contribution in [2.75, 3.05) is 6.61 Å². The van der Waals surface area contributed by atoms with Gasteiger partial charge in [0.25, 0.3) is 0 Å². The lowest BCUT2D eigenvalue weighted by molar-refractivity contribution is 0.239. The molecular formula is C17H21N3O3. The Morgan fingerprint density at radius 2 is 2.13 bits per heavy atom. The largest absolute Gasteiger partial charge is 0.493 e. The lowest BCUT2D eigenvalue weighted by atomic mass is 10.1.